The average molecular weight is 166 g/mol. The standard InChI is InChI=1S/C10H14O2/c1-6-5-9(11)10-8(6)4-3-7(2)12-10/h6-7H,3-5H2,1-2H3/t6-,7+/m0/s1. The highest BCUT2D eigenvalue weighted by atomic mass is 16.5. The minimum absolute atomic E-state index is 0.212. The molecule has 0 saturated carbocycles. The monoisotopic (exact) mass is 166 g/mol. The summed E-state index contributed by atoms with van der Waals surface area (Å²) >= 11 is 0. The Hall–Kier alpha value is -0.790. The van der Waals surface area contributed by atoms with E-state index >= 15 is 0 Å². The van der Waals surface area contributed by atoms with Crippen molar-refractivity contribution >= 4 is 5.78 Å². The molecule has 1 heterocycles. The molecule has 2 rings (SSSR count). The molecule has 2 aliphatic rings. The molecule has 66 valence electrons. The van der Waals surface area contributed by atoms with E-state index in [0.717, 1.165) is 12.8 Å². The van der Waals surface area contributed by atoms with Crippen LogP contribution in [0.15, 0.2) is 11.3 Å². The summed E-state index contributed by atoms with van der Waals surface area (Å²) in [5, 5.41) is 0. The number of carbonyl (C=O) groups is 1. The maximum atomic E-state index is 11.4. The molecule has 0 fully saturated rings. The summed E-state index contributed by atoms with van der Waals surface area (Å²) in [6.45, 7) is 4.14. The highest BCUT2D eigenvalue weighted by Gasteiger charge is 2.34. The highest BCUT2D eigenvalue weighted by molar-refractivity contribution is 5.97. The molecule has 2 heteroatoms. The minimum Gasteiger partial charge on any atom is -0.487 e. The van der Waals surface area contributed by atoms with Crippen LogP contribution in [0.25, 0.3) is 0 Å². The van der Waals surface area contributed by atoms with Gasteiger partial charge in [-0.25, -0.2) is 0 Å². The Morgan fingerprint density at radius 2 is 2.17 bits per heavy atom. The van der Waals surface area contributed by atoms with Gasteiger partial charge in [-0.3, -0.25) is 4.79 Å². The van der Waals surface area contributed by atoms with Crippen LogP contribution >= 0.6 is 0 Å². The van der Waals surface area contributed by atoms with E-state index in [2.05, 4.69) is 6.92 Å². The smallest absolute Gasteiger partial charge is 0.197 e. The molecular formula is C10H14O2. The quantitative estimate of drug-likeness (QED) is 0.550. The Balaban J connectivity index is 2.29. The van der Waals surface area contributed by atoms with Crippen molar-refractivity contribution in [3.8, 4) is 0 Å². The number of ether oxygens (including phenoxy) is 1. The Labute approximate surface area is 72.6 Å². The van der Waals surface area contributed by atoms with Gasteiger partial charge in [0.25, 0.3) is 0 Å². The second kappa shape index (κ2) is 2.61. The summed E-state index contributed by atoms with van der Waals surface area (Å²) in [7, 11) is 0. The average Bonchev–Trinajstić information content (AvgIpc) is 2.28. The molecule has 0 radical (unpaired) electrons. The molecule has 0 amide bonds. The third kappa shape index (κ3) is 1.06. The van der Waals surface area contributed by atoms with Crippen LogP contribution in [0.1, 0.15) is 33.1 Å². The molecule has 0 unspecified atom stereocenters. The number of hydrogen-bond donors (Lipinski definition) is 0. The van der Waals surface area contributed by atoms with Gasteiger partial charge in [-0.1, -0.05) is 6.92 Å². The summed E-state index contributed by atoms with van der Waals surface area (Å²) < 4.78 is 5.52. The lowest BCUT2D eigenvalue weighted by Crippen LogP contribution is -2.16. The van der Waals surface area contributed by atoms with Crippen LogP contribution in [0, 0.1) is 5.92 Å². The van der Waals surface area contributed by atoms with E-state index in [1.165, 1.54) is 5.57 Å². The van der Waals surface area contributed by atoms with Crippen LogP contribution < -0.4 is 0 Å². The summed E-state index contributed by atoms with van der Waals surface area (Å²) in [5.74, 6) is 1.34. The molecule has 0 aromatic heterocycles. The first-order chi connectivity index (χ1) is 5.68. The van der Waals surface area contributed by atoms with Crippen LogP contribution in [0.5, 0.6) is 0 Å². The zero-order chi connectivity index (χ0) is 8.72. The number of rotatable bonds is 0. The molecule has 1 aliphatic heterocycles. The highest BCUT2D eigenvalue weighted by Crippen LogP contribution is 2.37. The second-order valence-electron chi connectivity index (χ2n) is 3.85. The van der Waals surface area contributed by atoms with E-state index in [4.69, 9.17) is 4.74 Å². The zero-order valence-corrected chi connectivity index (χ0v) is 7.59. The molecule has 1 aliphatic carbocycles. The van der Waals surface area contributed by atoms with E-state index in [0.29, 0.717) is 18.1 Å². The van der Waals surface area contributed by atoms with Crippen molar-refractivity contribution in [2.45, 2.75) is 39.2 Å². The van der Waals surface area contributed by atoms with Crippen molar-refractivity contribution < 1.29 is 9.53 Å². The van der Waals surface area contributed by atoms with Gasteiger partial charge in [0, 0.05) is 6.42 Å². The van der Waals surface area contributed by atoms with Gasteiger partial charge in [0.1, 0.15) is 0 Å². The van der Waals surface area contributed by atoms with Crippen molar-refractivity contribution in [3.05, 3.63) is 11.3 Å². The Morgan fingerprint density at radius 3 is 2.92 bits per heavy atom. The van der Waals surface area contributed by atoms with Gasteiger partial charge in [0.2, 0.25) is 0 Å². The molecular weight excluding hydrogens is 152 g/mol. The summed E-state index contributed by atoms with van der Waals surface area (Å²) in [5.41, 5.74) is 1.26. The predicted octanol–water partition coefficient (Wildman–Crippen LogP) is 2.05. The number of ketones is 1. The fraction of sp³-hybridized carbons (Fsp3) is 0.700. The molecule has 0 bridgehead atoms. The largest absolute Gasteiger partial charge is 0.487 e. The van der Waals surface area contributed by atoms with Crippen molar-refractivity contribution in [3.63, 3.8) is 0 Å². The van der Waals surface area contributed by atoms with Crippen LogP contribution in [-0.4, -0.2) is 11.9 Å². The SMILES string of the molecule is C[C@@H]1CCC2=C(O1)C(=O)C[C@@H]2C. The van der Waals surface area contributed by atoms with E-state index in [1.807, 2.05) is 6.92 Å². The lowest BCUT2D eigenvalue weighted by molar-refractivity contribution is -0.119. The molecule has 12 heavy (non-hydrogen) atoms. The lowest BCUT2D eigenvalue weighted by Gasteiger charge is -2.22. The topological polar surface area (TPSA) is 26.3 Å². The van der Waals surface area contributed by atoms with Crippen LogP contribution in [-0.2, 0) is 9.53 Å². The Bertz CT molecular complexity index is 253. The van der Waals surface area contributed by atoms with Crippen molar-refractivity contribution in [1.29, 1.82) is 0 Å². The van der Waals surface area contributed by atoms with Gasteiger partial charge in [-0.15, -0.1) is 0 Å². The van der Waals surface area contributed by atoms with Crippen molar-refractivity contribution in [2.24, 2.45) is 5.92 Å². The van der Waals surface area contributed by atoms with E-state index < -0.39 is 0 Å². The van der Waals surface area contributed by atoms with Gasteiger partial charge >= 0.3 is 0 Å². The molecule has 0 N–H and O–H groups in total. The molecule has 2 atom stereocenters. The van der Waals surface area contributed by atoms with Crippen LogP contribution in [0.3, 0.4) is 0 Å². The molecule has 0 saturated heterocycles. The minimum atomic E-state index is 0.212. The number of allylic oxidation sites excluding steroid dienone is 2. The van der Waals surface area contributed by atoms with Crippen molar-refractivity contribution in [1.82, 2.24) is 0 Å². The third-order valence-electron chi connectivity index (χ3n) is 2.77. The number of carbonyl (C=O) groups excluding carboxylic acids is 1. The van der Waals surface area contributed by atoms with Gasteiger partial charge in [0.05, 0.1) is 6.10 Å². The van der Waals surface area contributed by atoms with E-state index in [-0.39, 0.29) is 11.9 Å². The van der Waals surface area contributed by atoms with E-state index in [9.17, 15) is 4.79 Å². The fourth-order valence-corrected chi connectivity index (χ4v) is 2.02. The van der Waals surface area contributed by atoms with Crippen molar-refractivity contribution in [2.75, 3.05) is 0 Å². The van der Waals surface area contributed by atoms with Crippen LogP contribution in [0.4, 0.5) is 0 Å². The van der Waals surface area contributed by atoms with Gasteiger partial charge in [0.15, 0.2) is 11.5 Å². The maximum absolute atomic E-state index is 11.4. The van der Waals surface area contributed by atoms with E-state index in [1.54, 1.807) is 0 Å². The molecule has 0 spiro atoms. The lowest BCUT2D eigenvalue weighted by atomic mass is 9.97. The van der Waals surface area contributed by atoms with Crippen LogP contribution in [0.2, 0.25) is 0 Å². The normalized spacial score (nSPS) is 35.0. The first-order valence-corrected chi connectivity index (χ1v) is 4.61. The second-order valence-corrected chi connectivity index (χ2v) is 3.85. The zero-order valence-electron chi connectivity index (χ0n) is 7.59. The number of Topliss-reactive ketones (excluding diaryl/α,β-unsaturated/α-hetero) is 1. The van der Waals surface area contributed by atoms with Gasteiger partial charge in [-0.05, 0) is 31.3 Å². The molecule has 0 aromatic rings. The Morgan fingerprint density at radius 1 is 1.42 bits per heavy atom. The third-order valence-corrected chi connectivity index (χ3v) is 2.77. The van der Waals surface area contributed by atoms with Gasteiger partial charge in [-0.2, -0.15) is 0 Å². The summed E-state index contributed by atoms with van der Waals surface area (Å²) in [6, 6.07) is 0. The first-order valence-electron chi connectivity index (χ1n) is 4.61. The fourth-order valence-electron chi connectivity index (χ4n) is 2.02. The molecule has 2 nitrogen and oxygen atoms in total. The summed E-state index contributed by atoms with van der Waals surface area (Å²) in [4.78, 5) is 11.4. The molecule has 0 aromatic carbocycles. The first kappa shape index (κ1) is 7.84. The Kier molecular flexibility index (Phi) is 1.71. The summed E-state index contributed by atoms with van der Waals surface area (Å²) in [6.07, 6.45) is 3.02. The van der Waals surface area contributed by atoms with Gasteiger partial charge < -0.3 is 4.74 Å². The predicted molar refractivity (Wildman–Crippen MR) is 45.6 cm³/mol. The number of hydrogen-bond acceptors (Lipinski definition) is 2. The maximum Gasteiger partial charge on any atom is 0.197 e.